The fourth-order valence-corrected chi connectivity index (χ4v) is 3.06. The van der Waals surface area contributed by atoms with Crippen molar-refractivity contribution >= 4 is 16.9 Å². The summed E-state index contributed by atoms with van der Waals surface area (Å²) in [7, 11) is 0. The molecular formula is C17H22N2O2. The summed E-state index contributed by atoms with van der Waals surface area (Å²) in [6.07, 6.45) is 3.93. The third-order valence-electron chi connectivity index (χ3n) is 4.52. The van der Waals surface area contributed by atoms with Gasteiger partial charge in [-0.2, -0.15) is 0 Å². The van der Waals surface area contributed by atoms with Crippen LogP contribution in [0.1, 0.15) is 37.0 Å². The minimum absolute atomic E-state index is 0.0666. The van der Waals surface area contributed by atoms with Gasteiger partial charge in [0.05, 0.1) is 5.56 Å². The molecule has 112 valence electrons. The SMILES string of the molecule is CC1(C)CCCNC1CNC(=O)c1coc2ccccc12. The van der Waals surface area contributed by atoms with Crippen molar-refractivity contribution in [1.82, 2.24) is 10.6 Å². The molecule has 1 aliphatic rings. The Morgan fingerprint density at radius 2 is 2.24 bits per heavy atom. The summed E-state index contributed by atoms with van der Waals surface area (Å²) in [5.74, 6) is -0.0666. The molecule has 1 atom stereocenters. The number of carbonyl (C=O) groups is 1. The number of piperidine rings is 1. The topological polar surface area (TPSA) is 54.3 Å². The first-order chi connectivity index (χ1) is 10.1. The molecule has 4 heteroatoms. The van der Waals surface area contributed by atoms with Crippen molar-refractivity contribution in [1.29, 1.82) is 0 Å². The van der Waals surface area contributed by atoms with Crippen molar-refractivity contribution in [2.45, 2.75) is 32.7 Å². The van der Waals surface area contributed by atoms with E-state index in [0.29, 0.717) is 18.2 Å². The maximum absolute atomic E-state index is 12.4. The molecule has 3 rings (SSSR count). The minimum atomic E-state index is -0.0666. The van der Waals surface area contributed by atoms with E-state index >= 15 is 0 Å². The fraction of sp³-hybridized carbons (Fsp3) is 0.471. The second-order valence-corrected chi connectivity index (χ2v) is 6.45. The number of rotatable bonds is 3. The van der Waals surface area contributed by atoms with E-state index in [9.17, 15) is 4.79 Å². The van der Waals surface area contributed by atoms with Gasteiger partial charge in [0.2, 0.25) is 0 Å². The van der Waals surface area contributed by atoms with Gasteiger partial charge < -0.3 is 15.1 Å². The Labute approximate surface area is 124 Å². The first-order valence-corrected chi connectivity index (χ1v) is 7.56. The van der Waals surface area contributed by atoms with E-state index < -0.39 is 0 Å². The van der Waals surface area contributed by atoms with Crippen LogP contribution in [0.5, 0.6) is 0 Å². The van der Waals surface area contributed by atoms with Crippen LogP contribution >= 0.6 is 0 Å². The number of benzene rings is 1. The molecule has 2 N–H and O–H groups in total. The molecule has 1 aromatic carbocycles. The summed E-state index contributed by atoms with van der Waals surface area (Å²) >= 11 is 0. The van der Waals surface area contributed by atoms with E-state index in [1.807, 2.05) is 24.3 Å². The van der Waals surface area contributed by atoms with Crippen LogP contribution in [0.4, 0.5) is 0 Å². The van der Waals surface area contributed by atoms with Crippen molar-refractivity contribution in [2.75, 3.05) is 13.1 Å². The third-order valence-corrected chi connectivity index (χ3v) is 4.52. The van der Waals surface area contributed by atoms with E-state index in [0.717, 1.165) is 17.5 Å². The highest BCUT2D eigenvalue weighted by molar-refractivity contribution is 6.05. The molecule has 1 unspecified atom stereocenters. The zero-order chi connectivity index (χ0) is 14.9. The molecule has 0 radical (unpaired) electrons. The van der Waals surface area contributed by atoms with Crippen molar-refractivity contribution in [3.8, 4) is 0 Å². The van der Waals surface area contributed by atoms with Crippen LogP contribution in [0.3, 0.4) is 0 Å². The Morgan fingerprint density at radius 3 is 3.05 bits per heavy atom. The zero-order valence-corrected chi connectivity index (χ0v) is 12.6. The van der Waals surface area contributed by atoms with Gasteiger partial charge in [-0.25, -0.2) is 0 Å². The van der Waals surface area contributed by atoms with E-state index in [2.05, 4.69) is 24.5 Å². The highest BCUT2D eigenvalue weighted by Crippen LogP contribution is 2.29. The molecule has 0 spiro atoms. The van der Waals surface area contributed by atoms with Gasteiger partial charge in [-0.1, -0.05) is 32.0 Å². The van der Waals surface area contributed by atoms with Gasteiger partial charge in [-0.3, -0.25) is 4.79 Å². The van der Waals surface area contributed by atoms with Gasteiger partial charge in [0, 0.05) is 18.0 Å². The Balaban J connectivity index is 1.69. The lowest BCUT2D eigenvalue weighted by molar-refractivity contribution is 0.0929. The molecule has 2 heterocycles. The van der Waals surface area contributed by atoms with Crippen LogP contribution < -0.4 is 10.6 Å². The summed E-state index contributed by atoms with van der Waals surface area (Å²) < 4.78 is 5.43. The Bertz CT molecular complexity index is 645. The lowest BCUT2D eigenvalue weighted by atomic mass is 9.77. The molecular weight excluding hydrogens is 264 g/mol. The first kappa shape index (κ1) is 14.1. The van der Waals surface area contributed by atoms with Gasteiger partial charge in [-0.05, 0) is 30.9 Å². The number of nitrogens with one attached hydrogen (secondary N) is 2. The highest BCUT2D eigenvalue weighted by Gasteiger charge is 2.32. The molecule has 1 aromatic heterocycles. The summed E-state index contributed by atoms with van der Waals surface area (Å²) in [6.45, 7) is 6.18. The molecule has 4 nitrogen and oxygen atoms in total. The van der Waals surface area contributed by atoms with Gasteiger partial charge >= 0.3 is 0 Å². The number of amides is 1. The van der Waals surface area contributed by atoms with Crippen molar-refractivity contribution in [3.05, 3.63) is 36.1 Å². The minimum Gasteiger partial charge on any atom is -0.463 e. The summed E-state index contributed by atoms with van der Waals surface area (Å²) in [5.41, 5.74) is 1.57. The maximum Gasteiger partial charge on any atom is 0.255 e. The number of hydrogen-bond donors (Lipinski definition) is 2. The third kappa shape index (κ3) is 2.81. The smallest absolute Gasteiger partial charge is 0.255 e. The standard InChI is InChI=1S/C17H22N2O2/c1-17(2)8-5-9-18-15(17)10-19-16(20)13-11-21-14-7-4-3-6-12(13)14/h3-4,6-7,11,15,18H,5,8-10H2,1-2H3,(H,19,20). The van der Waals surface area contributed by atoms with E-state index in [1.165, 1.54) is 12.8 Å². The van der Waals surface area contributed by atoms with Crippen LogP contribution in [0.15, 0.2) is 34.9 Å². The Morgan fingerprint density at radius 1 is 1.43 bits per heavy atom. The second kappa shape index (κ2) is 5.53. The van der Waals surface area contributed by atoms with Gasteiger partial charge in [0.1, 0.15) is 11.8 Å². The van der Waals surface area contributed by atoms with Crippen LogP contribution in [-0.2, 0) is 0 Å². The predicted octanol–water partition coefficient (Wildman–Crippen LogP) is 2.94. The van der Waals surface area contributed by atoms with Gasteiger partial charge in [-0.15, -0.1) is 0 Å². The number of hydrogen-bond acceptors (Lipinski definition) is 3. The van der Waals surface area contributed by atoms with Crippen molar-refractivity contribution < 1.29 is 9.21 Å². The van der Waals surface area contributed by atoms with Crippen LogP contribution in [-0.4, -0.2) is 25.0 Å². The average Bonchev–Trinajstić information content (AvgIpc) is 2.89. The van der Waals surface area contributed by atoms with E-state index in [1.54, 1.807) is 6.26 Å². The predicted molar refractivity (Wildman–Crippen MR) is 83.4 cm³/mol. The molecule has 1 saturated heterocycles. The average molecular weight is 286 g/mol. The highest BCUT2D eigenvalue weighted by atomic mass is 16.3. The summed E-state index contributed by atoms with van der Waals surface area (Å²) in [5, 5.41) is 7.42. The summed E-state index contributed by atoms with van der Waals surface area (Å²) in [4.78, 5) is 12.4. The van der Waals surface area contributed by atoms with E-state index in [-0.39, 0.29) is 11.3 Å². The quantitative estimate of drug-likeness (QED) is 0.912. The fourth-order valence-electron chi connectivity index (χ4n) is 3.06. The molecule has 21 heavy (non-hydrogen) atoms. The molecule has 1 amide bonds. The second-order valence-electron chi connectivity index (χ2n) is 6.45. The molecule has 0 aliphatic carbocycles. The first-order valence-electron chi connectivity index (χ1n) is 7.56. The van der Waals surface area contributed by atoms with Crippen LogP contribution in [0.2, 0.25) is 0 Å². The molecule has 1 aliphatic heterocycles. The number of furan rings is 1. The van der Waals surface area contributed by atoms with Gasteiger partial charge in [0.15, 0.2) is 0 Å². The normalized spacial score (nSPS) is 21.3. The Hall–Kier alpha value is -1.81. The molecule has 2 aromatic rings. The lowest BCUT2D eigenvalue weighted by Crippen LogP contribution is -2.52. The van der Waals surface area contributed by atoms with Crippen LogP contribution in [0.25, 0.3) is 11.0 Å². The maximum atomic E-state index is 12.4. The van der Waals surface area contributed by atoms with Crippen molar-refractivity contribution in [2.24, 2.45) is 5.41 Å². The zero-order valence-electron chi connectivity index (χ0n) is 12.6. The number of fused-ring (bicyclic) bond motifs is 1. The largest absolute Gasteiger partial charge is 0.463 e. The van der Waals surface area contributed by atoms with E-state index in [4.69, 9.17) is 4.42 Å². The molecule has 0 bridgehead atoms. The lowest BCUT2D eigenvalue weighted by Gasteiger charge is -2.39. The number of para-hydroxylation sites is 1. The van der Waals surface area contributed by atoms with Crippen LogP contribution in [0, 0.1) is 5.41 Å². The van der Waals surface area contributed by atoms with Crippen molar-refractivity contribution in [3.63, 3.8) is 0 Å². The number of carbonyl (C=O) groups excluding carboxylic acids is 1. The monoisotopic (exact) mass is 286 g/mol. The summed E-state index contributed by atoms with van der Waals surface area (Å²) in [6, 6.07) is 7.92. The Kier molecular flexibility index (Phi) is 3.72. The molecule has 1 fully saturated rings. The van der Waals surface area contributed by atoms with Gasteiger partial charge in [0.25, 0.3) is 5.91 Å². The molecule has 0 saturated carbocycles.